The molecule has 0 aliphatic carbocycles. The van der Waals surface area contributed by atoms with Crippen molar-refractivity contribution < 1.29 is 9.53 Å². The minimum absolute atomic E-state index is 0.468. The normalized spacial score (nSPS) is 10.8. The number of hydrogen-bond acceptors (Lipinski definition) is 5. The molecule has 0 atom stereocenters. The van der Waals surface area contributed by atoms with Gasteiger partial charge in [0, 0.05) is 28.8 Å². The van der Waals surface area contributed by atoms with Crippen LogP contribution in [0.2, 0.25) is 0 Å². The molecule has 0 aliphatic heterocycles. The molecule has 3 N–H and O–H groups in total. The van der Waals surface area contributed by atoms with Crippen molar-refractivity contribution in [3.63, 3.8) is 0 Å². The number of aromatic nitrogens is 2. The number of ether oxygens (including phenoxy) is 1. The minimum atomic E-state index is -0.468. The van der Waals surface area contributed by atoms with Crippen LogP contribution in [0.15, 0.2) is 64.7 Å². The van der Waals surface area contributed by atoms with Crippen LogP contribution in [0.1, 0.15) is 5.56 Å². The van der Waals surface area contributed by atoms with Gasteiger partial charge in [-0.25, -0.2) is 9.78 Å². The number of fused-ring (bicyclic) bond motifs is 1. The van der Waals surface area contributed by atoms with E-state index in [1.54, 1.807) is 6.20 Å². The van der Waals surface area contributed by atoms with Gasteiger partial charge in [0.1, 0.15) is 5.65 Å². The molecule has 0 saturated carbocycles. The number of thiophene rings is 1. The number of benzene rings is 1. The molecule has 3 aromatic heterocycles. The molecule has 8 heteroatoms. The van der Waals surface area contributed by atoms with Crippen LogP contribution in [-0.4, -0.2) is 22.6 Å². The molecular weight excluding hydrogens is 440 g/mol. The number of halogens is 1. The Kier molecular flexibility index (Phi) is 5.59. The molecule has 0 bridgehead atoms. The molecule has 142 valence electrons. The summed E-state index contributed by atoms with van der Waals surface area (Å²) in [7, 11) is 0. The molecule has 0 unspecified atom stereocenters. The quantitative estimate of drug-likeness (QED) is 0.359. The van der Waals surface area contributed by atoms with Gasteiger partial charge in [-0.15, -0.1) is 11.3 Å². The van der Waals surface area contributed by atoms with Crippen LogP contribution in [0.3, 0.4) is 0 Å². The van der Waals surface area contributed by atoms with Crippen LogP contribution >= 0.6 is 27.3 Å². The van der Waals surface area contributed by atoms with Gasteiger partial charge in [0.15, 0.2) is 0 Å². The van der Waals surface area contributed by atoms with Crippen LogP contribution in [0, 0.1) is 0 Å². The second kappa shape index (κ2) is 8.45. The largest absolute Gasteiger partial charge is 0.413 e. The molecule has 0 fully saturated rings. The predicted octanol–water partition coefficient (Wildman–Crippen LogP) is 5.46. The molecule has 4 rings (SSSR count). The van der Waals surface area contributed by atoms with Crippen molar-refractivity contribution in [1.29, 1.82) is 0 Å². The summed E-state index contributed by atoms with van der Waals surface area (Å²) < 4.78 is 6.52. The fourth-order valence-electron chi connectivity index (χ4n) is 2.76. The number of nitrogens with zero attached hydrogens (tertiary/aromatic N) is 1. The fraction of sp³-hybridized carbons (Fsp3) is 0.100. The molecule has 6 nitrogen and oxygen atoms in total. The number of amides is 1. The Hall–Kier alpha value is -2.84. The molecule has 0 radical (unpaired) electrons. The summed E-state index contributed by atoms with van der Waals surface area (Å²) in [6.07, 6.45) is 3.83. The predicted molar refractivity (Wildman–Crippen MR) is 116 cm³/mol. The highest BCUT2D eigenvalue weighted by atomic mass is 79.9. The van der Waals surface area contributed by atoms with Gasteiger partial charge >= 0.3 is 6.09 Å². The van der Waals surface area contributed by atoms with Crippen molar-refractivity contribution in [2.24, 2.45) is 0 Å². The van der Waals surface area contributed by atoms with E-state index < -0.39 is 6.09 Å². The third kappa shape index (κ3) is 4.35. The number of rotatable bonds is 6. The number of anilines is 2. The molecule has 0 spiro atoms. The lowest BCUT2D eigenvalue weighted by molar-refractivity contribution is 0.202. The van der Waals surface area contributed by atoms with Gasteiger partial charge in [0.05, 0.1) is 11.4 Å². The number of nitrogens with one attached hydrogen (secondary N) is 3. The Bertz CT molecular complexity index is 1090. The average molecular weight is 457 g/mol. The highest BCUT2D eigenvalue weighted by Crippen LogP contribution is 2.35. The Morgan fingerprint density at radius 1 is 1.14 bits per heavy atom. The molecule has 4 aromatic rings. The molecular formula is C20H17BrN4O2S. The summed E-state index contributed by atoms with van der Waals surface area (Å²) in [5.74, 6) is 0. The number of carbonyl (C=O) groups is 1. The van der Waals surface area contributed by atoms with E-state index in [-0.39, 0.29) is 0 Å². The fourth-order valence-corrected chi connectivity index (χ4v) is 3.72. The zero-order valence-electron chi connectivity index (χ0n) is 14.7. The first kappa shape index (κ1) is 18.5. The Morgan fingerprint density at radius 3 is 2.86 bits per heavy atom. The zero-order valence-corrected chi connectivity index (χ0v) is 17.1. The minimum Gasteiger partial charge on any atom is -0.397 e. The van der Waals surface area contributed by atoms with Gasteiger partial charge in [0.25, 0.3) is 0 Å². The summed E-state index contributed by atoms with van der Waals surface area (Å²) >= 11 is 4.77. The monoisotopic (exact) mass is 456 g/mol. The third-order valence-electron chi connectivity index (χ3n) is 4.14. The van der Waals surface area contributed by atoms with Crippen LogP contribution in [-0.2, 0) is 6.42 Å². The number of H-pyrrole nitrogens is 1. The molecule has 28 heavy (non-hydrogen) atoms. The van der Waals surface area contributed by atoms with Crippen LogP contribution in [0.4, 0.5) is 16.2 Å². The molecule has 1 amide bonds. The molecule has 0 saturated heterocycles. The number of pyridine rings is 1. The highest BCUT2D eigenvalue weighted by molar-refractivity contribution is 9.10. The Labute approximate surface area is 174 Å². The van der Waals surface area contributed by atoms with Crippen LogP contribution in [0.5, 0.6) is 5.06 Å². The Balaban J connectivity index is 1.35. The van der Waals surface area contributed by atoms with Crippen molar-refractivity contribution in [3.8, 4) is 5.06 Å². The van der Waals surface area contributed by atoms with E-state index in [2.05, 4.69) is 36.5 Å². The highest BCUT2D eigenvalue weighted by Gasteiger charge is 2.12. The van der Waals surface area contributed by atoms with Crippen molar-refractivity contribution >= 4 is 55.8 Å². The summed E-state index contributed by atoms with van der Waals surface area (Å²) in [6, 6.07) is 13.7. The lowest BCUT2D eigenvalue weighted by Crippen LogP contribution is -2.28. The van der Waals surface area contributed by atoms with Gasteiger partial charge in [0.2, 0.25) is 5.06 Å². The van der Waals surface area contributed by atoms with Crippen molar-refractivity contribution in [2.75, 3.05) is 11.9 Å². The SMILES string of the molecule is O=C(NCCc1ccc(Br)cc1)Oc1sccc1Nc1ccnc2[nH]ccc12. The van der Waals surface area contributed by atoms with Gasteiger partial charge in [-0.2, -0.15) is 0 Å². The second-order valence-electron chi connectivity index (χ2n) is 6.04. The van der Waals surface area contributed by atoms with E-state index in [9.17, 15) is 4.79 Å². The smallest absolute Gasteiger partial charge is 0.397 e. The van der Waals surface area contributed by atoms with E-state index in [4.69, 9.17) is 4.74 Å². The first-order valence-corrected chi connectivity index (χ1v) is 10.3. The molecule has 3 heterocycles. The van der Waals surface area contributed by atoms with E-state index in [1.165, 1.54) is 11.3 Å². The maximum Gasteiger partial charge on any atom is 0.413 e. The van der Waals surface area contributed by atoms with Crippen molar-refractivity contribution in [3.05, 3.63) is 70.3 Å². The lowest BCUT2D eigenvalue weighted by atomic mass is 10.1. The molecule has 1 aromatic carbocycles. The third-order valence-corrected chi connectivity index (χ3v) is 5.46. The van der Waals surface area contributed by atoms with Gasteiger partial charge in [-0.1, -0.05) is 28.1 Å². The van der Waals surface area contributed by atoms with E-state index in [0.717, 1.165) is 38.9 Å². The first-order chi connectivity index (χ1) is 13.7. The second-order valence-corrected chi connectivity index (χ2v) is 7.83. The van der Waals surface area contributed by atoms with Gasteiger partial charge < -0.3 is 20.4 Å². The van der Waals surface area contributed by atoms with E-state index in [1.807, 2.05) is 54.0 Å². The van der Waals surface area contributed by atoms with Crippen LogP contribution in [0.25, 0.3) is 11.0 Å². The number of aromatic amines is 1. The van der Waals surface area contributed by atoms with E-state index in [0.29, 0.717) is 11.6 Å². The topological polar surface area (TPSA) is 79.0 Å². The maximum atomic E-state index is 12.2. The zero-order chi connectivity index (χ0) is 19.3. The Morgan fingerprint density at radius 2 is 2.00 bits per heavy atom. The average Bonchev–Trinajstić information content (AvgIpc) is 3.33. The van der Waals surface area contributed by atoms with Gasteiger partial charge in [-0.3, -0.25) is 0 Å². The maximum absolute atomic E-state index is 12.2. The first-order valence-electron chi connectivity index (χ1n) is 8.66. The standard InChI is InChI=1S/C20H17BrN4O2S/c21-14-3-1-13(2-4-14)5-9-24-20(26)27-19-17(8-12-28-19)25-16-7-11-23-18-15(16)6-10-22-18/h1-4,6-8,10-12H,5,9H2,(H,24,26)(H2,22,23,25). The lowest BCUT2D eigenvalue weighted by Gasteiger charge is -2.10. The van der Waals surface area contributed by atoms with Crippen molar-refractivity contribution in [2.45, 2.75) is 6.42 Å². The number of carbonyl (C=O) groups excluding carboxylic acids is 1. The summed E-state index contributed by atoms with van der Waals surface area (Å²) in [5, 5.41) is 9.47. The number of hydrogen-bond donors (Lipinski definition) is 3. The van der Waals surface area contributed by atoms with Crippen LogP contribution < -0.4 is 15.4 Å². The summed E-state index contributed by atoms with van der Waals surface area (Å²) in [5.41, 5.74) is 3.58. The summed E-state index contributed by atoms with van der Waals surface area (Å²) in [6.45, 7) is 0.503. The van der Waals surface area contributed by atoms with Gasteiger partial charge in [-0.05, 0) is 47.7 Å². The van der Waals surface area contributed by atoms with Crippen molar-refractivity contribution in [1.82, 2.24) is 15.3 Å². The van der Waals surface area contributed by atoms with E-state index >= 15 is 0 Å². The molecule has 0 aliphatic rings. The summed E-state index contributed by atoms with van der Waals surface area (Å²) in [4.78, 5) is 19.5.